The van der Waals surface area contributed by atoms with Crippen molar-refractivity contribution < 1.29 is 19.8 Å². The third kappa shape index (κ3) is 16.3. The van der Waals surface area contributed by atoms with Crippen LogP contribution in [0, 0.1) is 28.1 Å². The summed E-state index contributed by atoms with van der Waals surface area (Å²) in [6.45, 7) is 14.9. The van der Waals surface area contributed by atoms with Crippen molar-refractivity contribution in [2.45, 2.75) is 161 Å². The quantitative estimate of drug-likeness (QED) is 0.119. The van der Waals surface area contributed by atoms with Gasteiger partial charge < -0.3 is 10.2 Å². The Hall–Kier alpha value is -2.88. The zero-order valence-corrected chi connectivity index (χ0v) is 26.1. The SMILES string of the molecule is CC(C)(C)/N=N/C(C)(C#N)CCCC(CCCCCCCC(=O)O)(CCCC(C)(C#N)/N=N/C(C)(C)C)C(=O)O. The van der Waals surface area contributed by atoms with E-state index < -0.39 is 39.5 Å². The van der Waals surface area contributed by atoms with Crippen LogP contribution in [0.1, 0.15) is 139 Å². The molecule has 0 fully saturated rings. The van der Waals surface area contributed by atoms with Gasteiger partial charge in [-0.1, -0.05) is 25.7 Å². The molecule has 10 heteroatoms. The molecule has 0 aromatic heterocycles. The molecule has 2 N–H and O–H groups in total. The lowest BCUT2D eigenvalue weighted by Crippen LogP contribution is -2.33. The summed E-state index contributed by atoms with van der Waals surface area (Å²) >= 11 is 0. The maximum absolute atomic E-state index is 12.7. The van der Waals surface area contributed by atoms with E-state index in [-0.39, 0.29) is 6.42 Å². The van der Waals surface area contributed by atoms with E-state index in [4.69, 9.17) is 5.11 Å². The molecule has 0 aliphatic heterocycles. The Labute approximate surface area is 241 Å². The van der Waals surface area contributed by atoms with Gasteiger partial charge in [0.05, 0.1) is 28.6 Å². The second-order valence-electron chi connectivity index (χ2n) is 13.5. The van der Waals surface area contributed by atoms with E-state index in [2.05, 4.69) is 32.6 Å². The Kier molecular flexibility index (Phi) is 15.2. The molecule has 0 aliphatic carbocycles. The van der Waals surface area contributed by atoms with Gasteiger partial charge in [0.25, 0.3) is 0 Å². The number of azo groups is 2. The predicted octanol–water partition coefficient (Wildman–Crippen LogP) is 8.28. The lowest BCUT2D eigenvalue weighted by molar-refractivity contribution is -0.151. The number of unbranched alkanes of at least 4 members (excludes halogenated alkanes) is 4. The summed E-state index contributed by atoms with van der Waals surface area (Å²) in [5.74, 6) is -1.67. The van der Waals surface area contributed by atoms with Crippen molar-refractivity contribution in [3.63, 3.8) is 0 Å². The molecule has 0 aromatic carbocycles. The van der Waals surface area contributed by atoms with Crippen LogP contribution in [0.5, 0.6) is 0 Å². The van der Waals surface area contributed by atoms with Crippen molar-refractivity contribution in [2.24, 2.45) is 25.9 Å². The molecule has 0 saturated carbocycles. The second-order valence-corrected chi connectivity index (χ2v) is 13.5. The summed E-state index contributed by atoms with van der Waals surface area (Å²) in [5, 5.41) is 55.9. The van der Waals surface area contributed by atoms with Gasteiger partial charge in [0.1, 0.15) is 0 Å². The maximum atomic E-state index is 12.7. The topological polar surface area (TPSA) is 172 Å². The highest BCUT2D eigenvalue weighted by molar-refractivity contribution is 5.74. The van der Waals surface area contributed by atoms with Crippen LogP contribution in [0.25, 0.3) is 0 Å². The minimum Gasteiger partial charge on any atom is -0.481 e. The molecule has 0 saturated heterocycles. The molecule has 2 unspecified atom stereocenters. The number of carboxylic acid groups (broad SMARTS) is 2. The molecule has 0 radical (unpaired) electrons. The van der Waals surface area contributed by atoms with Gasteiger partial charge in [-0.2, -0.15) is 31.0 Å². The van der Waals surface area contributed by atoms with Crippen LogP contribution in [0.3, 0.4) is 0 Å². The first-order valence-electron chi connectivity index (χ1n) is 14.5. The van der Waals surface area contributed by atoms with E-state index >= 15 is 0 Å². The van der Waals surface area contributed by atoms with E-state index in [1.807, 2.05) is 41.5 Å². The third-order valence-corrected chi connectivity index (χ3v) is 6.76. The number of rotatable bonds is 19. The van der Waals surface area contributed by atoms with Crippen molar-refractivity contribution in [1.29, 1.82) is 10.5 Å². The Morgan fingerprint density at radius 1 is 0.575 bits per heavy atom. The van der Waals surface area contributed by atoms with Crippen molar-refractivity contribution in [3.8, 4) is 12.1 Å². The predicted molar refractivity (Wildman–Crippen MR) is 155 cm³/mol. The highest BCUT2D eigenvalue weighted by Crippen LogP contribution is 2.39. The lowest BCUT2D eigenvalue weighted by atomic mass is 9.73. The highest BCUT2D eigenvalue weighted by Gasteiger charge is 2.39. The van der Waals surface area contributed by atoms with Crippen molar-refractivity contribution in [2.75, 3.05) is 0 Å². The average molecular weight is 561 g/mol. The summed E-state index contributed by atoms with van der Waals surface area (Å²) in [7, 11) is 0. The van der Waals surface area contributed by atoms with Crippen molar-refractivity contribution in [1.82, 2.24) is 0 Å². The van der Waals surface area contributed by atoms with Crippen LogP contribution < -0.4 is 0 Å². The monoisotopic (exact) mass is 560 g/mol. The Morgan fingerprint density at radius 2 is 0.950 bits per heavy atom. The average Bonchev–Trinajstić information content (AvgIpc) is 2.84. The summed E-state index contributed by atoms with van der Waals surface area (Å²) in [6, 6.07) is 4.47. The van der Waals surface area contributed by atoms with E-state index in [9.17, 15) is 25.2 Å². The number of hydrogen-bond acceptors (Lipinski definition) is 8. The van der Waals surface area contributed by atoms with Gasteiger partial charge in [0, 0.05) is 6.42 Å². The summed E-state index contributed by atoms with van der Waals surface area (Å²) in [5.41, 5.74) is -3.89. The summed E-state index contributed by atoms with van der Waals surface area (Å²) in [6.07, 6.45) is 6.96. The molecule has 0 rings (SSSR count). The molecule has 0 aromatic rings. The van der Waals surface area contributed by atoms with Crippen LogP contribution in [0.15, 0.2) is 20.5 Å². The molecular formula is C30H52N6O4. The van der Waals surface area contributed by atoms with E-state index in [0.29, 0.717) is 57.8 Å². The van der Waals surface area contributed by atoms with Gasteiger partial charge in [0.15, 0.2) is 11.1 Å². The van der Waals surface area contributed by atoms with Gasteiger partial charge >= 0.3 is 11.9 Å². The molecule has 0 amide bonds. The van der Waals surface area contributed by atoms with Gasteiger partial charge in [-0.05, 0) is 107 Å². The molecule has 0 heterocycles. The fraction of sp³-hybridized carbons (Fsp3) is 0.867. The van der Waals surface area contributed by atoms with Crippen LogP contribution in [-0.2, 0) is 9.59 Å². The molecular weight excluding hydrogens is 508 g/mol. The molecule has 0 aliphatic rings. The van der Waals surface area contributed by atoms with Gasteiger partial charge in [0.2, 0.25) is 0 Å². The second kappa shape index (κ2) is 16.4. The normalized spacial score (nSPS) is 17.1. The van der Waals surface area contributed by atoms with E-state index in [0.717, 1.165) is 19.3 Å². The first-order valence-corrected chi connectivity index (χ1v) is 14.5. The summed E-state index contributed by atoms with van der Waals surface area (Å²) in [4.78, 5) is 23.5. The first-order chi connectivity index (χ1) is 18.3. The van der Waals surface area contributed by atoms with Crippen LogP contribution >= 0.6 is 0 Å². The Balaban J connectivity index is 5.60. The minimum atomic E-state index is -1.03. The molecule has 10 nitrogen and oxygen atoms in total. The number of nitriles is 2. The van der Waals surface area contributed by atoms with Crippen LogP contribution in [0.4, 0.5) is 0 Å². The van der Waals surface area contributed by atoms with Gasteiger partial charge in [-0.25, -0.2) is 0 Å². The zero-order valence-electron chi connectivity index (χ0n) is 26.1. The van der Waals surface area contributed by atoms with Crippen molar-refractivity contribution >= 4 is 11.9 Å². The number of hydrogen-bond donors (Lipinski definition) is 2. The molecule has 0 bridgehead atoms. The van der Waals surface area contributed by atoms with Gasteiger partial charge in [-0.3, -0.25) is 9.59 Å². The zero-order chi connectivity index (χ0) is 31.1. The lowest BCUT2D eigenvalue weighted by Gasteiger charge is -2.31. The maximum Gasteiger partial charge on any atom is 0.309 e. The van der Waals surface area contributed by atoms with E-state index in [1.165, 1.54) is 0 Å². The summed E-state index contributed by atoms with van der Waals surface area (Å²) < 4.78 is 0. The fourth-order valence-electron chi connectivity index (χ4n) is 4.28. The standard InChI is InChI=1S/C30H52N6O4/c1-26(2,3)33-35-28(7,22-31)17-14-20-30(25(39)40,19-13-11-9-10-12-16-24(37)38)21-15-18-29(8,23-32)36-34-27(4,5)6/h9-21H2,1-8H3,(H,37,38)(H,39,40)/b35-33+,36-34+. The fourth-order valence-corrected chi connectivity index (χ4v) is 4.28. The third-order valence-electron chi connectivity index (χ3n) is 6.76. The van der Waals surface area contributed by atoms with Gasteiger partial charge in [-0.15, -0.1) is 0 Å². The highest BCUT2D eigenvalue weighted by atomic mass is 16.4. The molecule has 40 heavy (non-hydrogen) atoms. The van der Waals surface area contributed by atoms with E-state index in [1.54, 1.807) is 13.8 Å². The first kappa shape index (κ1) is 37.1. The number of carboxylic acids is 2. The Bertz CT molecular complexity index is 897. The number of nitrogens with zero attached hydrogens (tertiary/aromatic N) is 6. The minimum absolute atomic E-state index is 0.146. The van der Waals surface area contributed by atoms with Crippen LogP contribution in [0.2, 0.25) is 0 Å². The molecule has 2 atom stereocenters. The molecule has 226 valence electrons. The number of carbonyl (C=O) groups is 2. The number of aliphatic carboxylic acids is 2. The largest absolute Gasteiger partial charge is 0.481 e. The molecule has 0 spiro atoms. The smallest absolute Gasteiger partial charge is 0.309 e. The Morgan fingerprint density at radius 3 is 1.30 bits per heavy atom. The van der Waals surface area contributed by atoms with Crippen LogP contribution in [-0.4, -0.2) is 44.3 Å². The van der Waals surface area contributed by atoms with Crippen molar-refractivity contribution in [3.05, 3.63) is 0 Å².